The summed E-state index contributed by atoms with van der Waals surface area (Å²) >= 11 is 6.14. The van der Waals surface area contributed by atoms with E-state index in [9.17, 15) is 9.59 Å². The number of aromatic nitrogens is 1. The molecule has 0 saturated carbocycles. The van der Waals surface area contributed by atoms with Gasteiger partial charge >= 0.3 is 5.97 Å². The number of hydrogen-bond acceptors (Lipinski definition) is 4. The van der Waals surface area contributed by atoms with E-state index in [0.717, 1.165) is 45.3 Å². The molecule has 1 N–H and O–H groups in total. The summed E-state index contributed by atoms with van der Waals surface area (Å²) in [7, 11) is 0. The van der Waals surface area contributed by atoms with E-state index < -0.39 is 5.97 Å². The summed E-state index contributed by atoms with van der Waals surface area (Å²) < 4.78 is 5.68. The zero-order chi connectivity index (χ0) is 29.1. The van der Waals surface area contributed by atoms with Gasteiger partial charge in [-0.2, -0.15) is 0 Å². The molecule has 1 aromatic heterocycles. The lowest BCUT2D eigenvalue weighted by Gasteiger charge is -2.36. The molecule has 2 atom stereocenters. The number of halogens is 1. The third-order valence-electron chi connectivity index (χ3n) is 7.87. The van der Waals surface area contributed by atoms with Gasteiger partial charge in [-0.15, -0.1) is 0 Å². The number of carbonyl (C=O) groups excluding carboxylic acids is 2. The molecule has 1 aliphatic rings. The number of fused-ring (bicyclic) bond motifs is 2. The molecule has 210 valence electrons. The van der Waals surface area contributed by atoms with Gasteiger partial charge in [-0.1, -0.05) is 93.0 Å². The zero-order valence-electron chi connectivity index (χ0n) is 23.9. The van der Waals surface area contributed by atoms with Crippen molar-refractivity contribution in [2.45, 2.75) is 46.6 Å². The van der Waals surface area contributed by atoms with Crippen LogP contribution < -0.4 is 5.32 Å². The van der Waals surface area contributed by atoms with E-state index in [1.807, 2.05) is 85.8 Å². The van der Waals surface area contributed by atoms with Gasteiger partial charge in [0.1, 0.15) is 0 Å². The number of ether oxygens (including phenoxy) is 1. The Morgan fingerprint density at radius 2 is 1.68 bits per heavy atom. The predicted molar refractivity (Wildman–Crippen MR) is 166 cm³/mol. The first kappa shape index (κ1) is 28.6. The largest absolute Gasteiger partial charge is 0.452 e. The minimum Gasteiger partial charge on any atom is -0.452 e. The maximum absolute atomic E-state index is 13.8. The molecular weight excluding hydrogens is 532 g/mol. The second-order valence-electron chi connectivity index (χ2n) is 11.8. The highest BCUT2D eigenvalue weighted by Crippen LogP contribution is 2.45. The van der Waals surface area contributed by atoms with E-state index in [1.165, 1.54) is 0 Å². The van der Waals surface area contributed by atoms with Gasteiger partial charge in [0.05, 0.1) is 22.8 Å². The predicted octanol–water partition coefficient (Wildman–Crippen LogP) is 8.07. The van der Waals surface area contributed by atoms with Crippen LogP contribution >= 0.6 is 11.6 Å². The van der Waals surface area contributed by atoms with Crippen LogP contribution in [0.5, 0.6) is 0 Å². The molecule has 4 aromatic rings. The Morgan fingerprint density at radius 1 is 1.00 bits per heavy atom. The van der Waals surface area contributed by atoms with Crippen molar-refractivity contribution in [2.24, 2.45) is 11.3 Å². The first-order valence-corrected chi connectivity index (χ1v) is 14.4. The number of nitrogens with one attached hydrogen (secondary N) is 1. The SMILES string of the molecule is CC(NC(=O)COC(=O)c1c2c(nc3ccccc13)C(=Cc1ccc(Cl)cc1)CC(C(C)(C)C)C2)c1ccccc1. The fourth-order valence-electron chi connectivity index (χ4n) is 5.44. The Labute approximate surface area is 246 Å². The number of pyridine rings is 1. The molecular formula is C35H35ClN2O3. The summed E-state index contributed by atoms with van der Waals surface area (Å²) in [5.74, 6) is -0.585. The van der Waals surface area contributed by atoms with Gasteiger partial charge in [0, 0.05) is 10.4 Å². The Hall–Kier alpha value is -3.96. The van der Waals surface area contributed by atoms with Crippen LogP contribution in [0.25, 0.3) is 22.6 Å². The molecule has 5 rings (SSSR count). The molecule has 0 aliphatic heterocycles. The van der Waals surface area contributed by atoms with Crippen LogP contribution in [0.3, 0.4) is 0 Å². The van der Waals surface area contributed by atoms with E-state index in [4.69, 9.17) is 21.3 Å². The van der Waals surface area contributed by atoms with Gasteiger partial charge in [0.15, 0.2) is 6.61 Å². The molecule has 0 saturated heterocycles. The van der Waals surface area contributed by atoms with Gasteiger partial charge in [0.25, 0.3) is 5.91 Å². The molecule has 5 nitrogen and oxygen atoms in total. The summed E-state index contributed by atoms with van der Waals surface area (Å²) in [4.78, 5) is 31.6. The Kier molecular flexibility index (Phi) is 8.27. The van der Waals surface area contributed by atoms with Crippen LogP contribution in [-0.4, -0.2) is 23.5 Å². The number of para-hydroxylation sites is 1. The lowest BCUT2D eigenvalue weighted by Crippen LogP contribution is -2.32. The number of amides is 1. The van der Waals surface area contributed by atoms with E-state index in [1.54, 1.807) is 0 Å². The molecule has 1 aliphatic carbocycles. The third-order valence-corrected chi connectivity index (χ3v) is 8.12. The first-order chi connectivity index (χ1) is 19.6. The molecule has 41 heavy (non-hydrogen) atoms. The Bertz CT molecular complexity index is 1600. The van der Waals surface area contributed by atoms with Crippen molar-refractivity contribution in [3.63, 3.8) is 0 Å². The van der Waals surface area contributed by atoms with Crippen LogP contribution in [0.15, 0.2) is 78.9 Å². The second kappa shape index (κ2) is 11.9. The van der Waals surface area contributed by atoms with Crippen LogP contribution in [-0.2, 0) is 16.0 Å². The fourth-order valence-corrected chi connectivity index (χ4v) is 5.57. The highest BCUT2D eigenvalue weighted by Gasteiger charge is 2.35. The number of hydrogen-bond donors (Lipinski definition) is 1. The number of carbonyl (C=O) groups is 2. The standard InChI is InChI=1S/C35H35ClN2O3/c1-22(24-10-6-5-7-11-24)37-31(39)21-41-34(40)32-28-12-8-9-13-30(28)38-33-25(18-23-14-16-27(36)17-15-23)19-26(20-29(32)33)35(2,3)4/h5-18,22,26H,19-21H2,1-4H3,(H,37,39). The van der Waals surface area contributed by atoms with Crippen molar-refractivity contribution in [2.75, 3.05) is 6.61 Å². The number of rotatable bonds is 6. The van der Waals surface area contributed by atoms with Crippen molar-refractivity contribution in [3.05, 3.63) is 112 Å². The van der Waals surface area contributed by atoms with Crippen LogP contribution in [0.2, 0.25) is 5.02 Å². The second-order valence-corrected chi connectivity index (χ2v) is 12.2. The summed E-state index contributed by atoms with van der Waals surface area (Å²) in [5, 5.41) is 4.33. The van der Waals surface area contributed by atoms with E-state index in [0.29, 0.717) is 17.0 Å². The topological polar surface area (TPSA) is 68.3 Å². The molecule has 2 unspecified atom stereocenters. The summed E-state index contributed by atoms with van der Waals surface area (Å²) in [6.07, 6.45) is 3.66. The van der Waals surface area contributed by atoms with Gasteiger partial charge in [-0.25, -0.2) is 9.78 Å². The number of allylic oxidation sites excluding steroid dienone is 1. The first-order valence-electron chi connectivity index (χ1n) is 14.0. The van der Waals surface area contributed by atoms with E-state index in [2.05, 4.69) is 32.2 Å². The van der Waals surface area contributed by atoms with Gasteiger partial charge in [-0.3, -0.25) is 4.79 Å². The van der Waals surface area contributed by atoms with Crippen LogP contribution in [0.1, 0.15) is 72.9 Å². The summed E-state index contributed by atoms with van der Waals surface area (Å²) in [6.45, 7) is 8.23. The maximum atomic E-state index is 13.8. The molecule has 3 aromatic carbocycles. The number of esters is 1. The van der Waals surface area contributed by atoms with E-state index in [-0.39, 0.29) is 29.9 Å². The van der Waals surface area contributed by atoms with Gasteiger partial charge < -0.3 is 10.1 Å². The van der Waals surface area contributed by atoms with E-state index >= 15 is 0 Å². The lowest BCUT2D eigenvalue weighted by molar-refractivity contribution is -0.124. The Balaban J connectivity index is 1.51. The summed E-state index contributed by atoms with van der Waals surface area (Å²) in [6, 6.07) is 24.8. The molecule has 0 radical (unpaired) electrons. The number of nitrogens with zero attached hydrogens (tertiary/aromatic N) is 1. The molecule has 0 spiro atoms. The maximum Gasteiger partial charge on any atom is 0.339 e. The van der Waals surface area contributed by atoms with Crippen molar-refractivity contribution < 1.29 is 14.3 Å². The summed E-state index contributed by atoms with van der Waals surface area (Å²) in [5.41, 5.74) is 5.97. The highest BCUT2D eigenvalue weighted by molar-refractivity contribution is 6.30. The Morgan fingerprint density at radius 3 is 2.39 bits per heavy atom. The highest BCUT2D eigenvalue weighted by atomic mass is 35.5. The quantitative estimate of drug-likeness (QED) is 0.240. The van der Waals surface area contributed by atoms with Crippen LogP contribution in [0.4, 0.5) is 0 Å². The smallest absolute Gasteiger partial charge is 0.339 e. The molecule has 0 bridgehead atoms. The average molecular weight is 567 g/mol. The molecule has 0 fully saturated rings. The van der Waals surface area contributed by atoms with Crippen molar-refractivity contribution in [1.82, 2.24) is 10.3 Å². The van der Waals surface area contributed by atoms with Crippen LogP contribution in [0, 0.1) is 11.3 Å². The molecule has 1 amide bonds. The normalized spacial score (nSPS) is 16.7. The zero-order valence-corrected chi connectivity index (χ0v) is 24.7. The molecule has 6 heteroatoms. The lowest BCUT2D eigenvalue weighted by atomic mass is 9.69. The van der Waals surface area contributed by atoms with Gasteiger partial charge in [-0.05, 0) is 77.6 Å². The minimum atomic E-state index is -0.511. The monoisotopic (exact) mass is 566 g/mol. The van der Waals surface area contributed by atoms with Crippen molar-refractivity contribution >= 4 is 46.0 Å². The average Bonchev–Trinajstić information content (AvgIpc) is 2.96. The molecule has 1 heterocycles. The van der Waals surface area contributed by atoms with Crippen molar-refractivity contribution in [1.29, 1.82) is 0 Å². The third kappa shape index (κ3) is 6.52. The van der Waals surface area contributed by atoms with Crippen molar-refractivity contribution in [3.8, 4) is 0 Å². The number of benzene rings is 3. The minimum absolute atomic E-state index is 0.00292. The fraction of sp³-hybridized carbons (Fsp3) is 0.286. The van der Waals surface area contributed by atoms with Gasteiger partial charge in [0.2, 0.25) is 0 Å².